The number of rotatable bonds is 3. The van der Waals surface area contributed by atoms with E-state index in [1.54, 1.807) is 0 Å². The molecule has 0 N–H and O–H groups in total. The Balaban J connectivity index is 1.74. The number of hydrogen-bond donors (Lipinski definition) is 0. The van der Waals surface area contributed by atoms with Gasteiger partial charge in [-0.2, -0.15) is 0 Å². The quantitative estimate of drug-likeness (QED) is 0.501. The minimum atomic E-state index is 0.405. The van der Waals surface area contributed by atoms with Crippen LogP contribution in [-0.2, 0) is 0 Å². The van der Waals surface area contributed by atoms with Crippen LogP contribution < -0.4 is 0 Å². The van der Waals surface area contributed by atoms with Gasteiger partial charge in [0.25, 0.3) is 0 Å². The van der Waals surface area contributed by atoms with Crippen molar-refractivity contribution in [2.45, 2.75) is 18.3 Å². The van der Waals surface area contributed by atoms with Crippen LogP contribution >= 0.6 is 11.6 Å². The van der Waals surface area contributed by atoms with E-state index in [1.165, 1.54) is 22.3 Å². The van der Waals surface area contributed by atoms with Crippen molar-refractivity contribution in [1.29, 1.82) is 0 Å². The molecule has 0 nitrogen and oxygen atoms in total. The Labute approximate surface area is 148 Å². The molecule has 0 amide bonds. The lowest BCUT2D eigenvalue weighted by atomic mass is 9.83. The second-order valence-corrected chi connectivity index (χ2v) is 6.79. The molecule has 1 aliphatic carbocycles. The maximum absolute atomic E-state index is 6.08. The molecule has 4 rings (SSSR count). The maximum atomic E-state index is 6.08. The van der Waals surface area contributed by atoms with Gasteiger partial charge < -0.3 is 0 Å². The van der Waals surface area contributed by atoms with E-state index in [-0.39, 0.29) is 0 Å². The van der Waals surface area contributed by atoms with E-state index >= 15 is 0 Å². The second-order valence-electron chi connectivity index (χ2n) is 6.36. The van der Waals surface area contributed by atoms with E-state index in [2.05, 4.69) is 78.9 Å². The van der Waals surface area contributed by atoms with Crippen LogP contribution in [0.5, 0.6) is 0 Å². The summed E-state index contributed by atoms with van der Waals surface area (Å²) in [4.78, 5) is 0. The van der Waals surface area contributed by atoms with Crippen LogP contribution in [0.1, 0.15) is 34.9 Å². The molecule has 0 fully saturated rings. The summed E-state index contributed by atoms with van der Waals surface area (Å²) in [6.45, 7) is 0. The molecule has 1 aliphatic rings. The molecule has 0 heterocycles. The minimum absolute atomic E-state index is 0.405. The maximum Gasteiger partial charge on any atom is 0.0406 e. The molecule has 0 aliphatic heterocycles. The summed E-state index contributed by atoms with van der Waals surface area (Å²) in [6.07, 6.45) is 3.51. The first-order chi connectivity index (χ1) is 11.8. The van der Waals surface area contributed by atoms with Crippen molar-refractivity contribution in [3.8, 4) is 0 Å². The molecule has 3 aromatic rings. The fourth-order valence-corrected chi connectivity index (χ4v) is 3.80. The van der Waals surface area contributed by atoms with Gasteiger partial charge in [-0.3, -0.25) is 0 Å². The summed E-state index contributed by atoms with van der Waals surface area (Å²) < 4.78 is 0. The van der Waals surface area contributed by atoms with Gasteiger partial charge in [-0.25, -0.2) is 0 Å². The van der Waals surface area contributed by atoms with Crippen LogP contribution in [-0.4, -0.2) is 0 Å². The fraction of sp³-hybridized carbons (Fsp3) is 0.130. The molecule has 0 radical (unpaired) electrons. The van der Waals surface area contributed by atoms with Gasteiger partial charge >= 0.3 is 0 Å². The molecule has 24 heavy (non-hydrogen) atoms. The number of benzene rings is 3. The number of halogens is 1. The largest absolute Gasteiger partial charge is 0.0843 e. The minimum Gasteiger partial charge on any atom is -0.0843 e. The predicted octanol–water partition coefficient (Wildman–Crippen LogP) is 6.69. The third kappa shape index (κ3) is 3.02. The molecule has 0 aromatic heterocycles. The highest BCUT2D eigenvalue weighted by Gasteiger charge is 2.30. The van der Waals surface area contributed by atoms with Gasteiger partial charge in [0, 0.05) is 10.9 Å². The zero-order valence-electron chi connectivity index (χ0n) is 13.4. The van der Waals surface area contributed by atoms with Crippen LogP contribution in [0, 0.1) is 0 Å². The summed E-state index contributed by atoms with van der Waals surface area (Å²) in [5.41, 5.74) is 5.50. The van der Waals surface area contributed by atoms with Crippen LogP contribution in [0.25, 0.3) is 5.57 Å². The highest BCUT2D eigenvalue weighted by atomic mass is 35.5. The molecule has 2 atom stereocenters. The van der Waals surface area contributed by atoms with E-state index in [9.17, 15) is 0 Å². The number of allylic oxidation sites excluding steroid dienone is 2. The van der Waals surface area contributed by atoms with Crippen LogP contribution in [0.4, 0.5) is 0 Å². The molecule has 0 unspecified atom stereocenters. The van der Waals surface area contributed by atoms with Crippen molar-refractivity contribution in [1.82, 2.24) is 0 Å². The molecular weight excluding hydrogens is 312 g/mol. The van der Waals surface area contributed by atoms with Crippen LogP contribution in [0.15, 0.2) is 91.0 Å². The Morgan fingerprint density at radius 1 is 0.667 bits per heavy atom. The first kappa shape index (κ1) is 15.2. The molecule has 0 bridgehead atoms. The molecule has 118 valence electrons. The van der Waals surface area contributed by atoms with E-state index in [0.717, 1.165) is 11.4 Å². The Morgan fingerprint density at radius 2 is 1.29 bits per heavy atom. The average Bonchev–Trinajstić information content (AvgIpc) is 3.09. The first-order valence-electron chi connectivity index (χ1n) is 8.38. The third-order valence-corrected chi connectivity index (χ3v) is 5.13. The fourth-order valence-electron chi connectivity index (χ4n) is 3.67. The first-order valence-corrected chi connectivity index (χ1v) is 8.75. The van der Waals surface area contributed by atoms with E-state index in [4.69, 9.17) is 11.6 Å². The van der Waals surface area contributed by atoms with Crippen LogP contribution in [0.3, 0.4) is 0 Å². The van der Waals surface area contributed by atoms with Gasteiger partial charge in [-0.05, 0) is 46.7 Å². The van der Waals surface area contributed by atoms with E-state index in [1.807, 2.05) is 12.1 Å². The second kappa shape index (κ2) is 6.67. The summed E-state index contributed by atoms with van der Waals surface area (Å²) in [5.74, 6) is 0.863. The SMILES string of the molecule is Clc1ccc([C@@H]2CC(c3ccccc3)=C[C@H]2c2ccccc2)cc1. The number of hydrogen-bond acceptors (Lipinski definition) is 0. The zero-order chi connectivity index (χ0) is 16.4. The average molecular weight is 331 g/mol. The highest BCUT2D eigenvalue weighted by molar-refractivity contribution is 6.30. The summed E-state index contributed by atoms with van der Waals surface area (Å²) in [7, 11) is 0. The van der Waals surface area contributed by atoms with Crippen molar-refractivity contribution in [2.75, 3.05) is 0 Å². The molecule has 1 heteroatoms. The Morgan fingerprint density at radius 3 is 1.96 bits per heavy atom. The van der Waals surface area contributed by atoms with E-state index < -0.39 is 0 Å². The smallest absolute Gasteiger partial charge is 0.0406 e. The van der Waals surface area contributed by atoms with Crippen molar-refractivity contribution < 1.29 is 0 Å². The van der Waals surface area contributed by atoms with Gasteiger partial charge in [0.05, 0.1) is 0 Å². The molecule has 0 saturated carbocycles. The van der Waals surface area contributed by atoms with Crippen molar-refractivity contribution in [3.05, 3.63) is 113 Å². The lowest BCUT2D eigenvalue weighted by Crippen LogP contribution is -2.05. The standard InChI is InChI=1S/C23H19Cl/c24-21-13-11-19(12-14-21)23-16-20(17-7-3-1-4-8-17)15-22(23)18-9-5-2-6-10-18/h1-15,22-23H,16H2/t22-,23-/m0/s1. The Bertz CT molecular complexity index is 832. The zero-order valence-corrected chi connectivity index (χ0v) is 14.2. The van der Waals surface area contributed by atoms with Gasteiger partial charge in [-0.1, -0.05) is 90.5 Å². The molecular formula is C23H19Cl. The summed E-state index contributed by atoms with van der Waals surface area (Å²) in [5, 5.41) is 0.796. The van der Waals surface area contributed by atoms with Crippen molar-refractivity contribution in [3.63, 3.8) is 0 Å². The van der Waals surface area contributed by atoms with Gasteiger partial charge in [0.1, 0.15) is 0 Å². The molecule has 0 saturated heterocycles. The van der Waals surface area contributed by atoms with Crippen molar-refractivity contribution in [2.24, 2.45) is 0 Å². The summed E-state index contributed by atoms with van der Waals surface area (Å²) in [6, 6.07) is 29.9. The van der Waals surface area contributed by atoms with Crippen molar-refractivity contribution >= 4 is 17.2 Å². The van der Waals surface area contributed by atoms with Gasteiger partial charge in [0.15, 0.2) is 0 Å². The van der Waals surface area contributed by atoms with Gasteiger partial charge in [-0.15, -0.1) is 0 Å². The lowest BCUT2D eigenvalue weighted by molar-refractivity contribution is 0.668. The molecule has 3 aromatic carbocycles. The summed E-state index contributed by atoms with van der Waals surface area (Å²) >= 11 is 6.08. The highest BCUT2D eigenvalue weighted by Crippen LogP contribution is 2.47. The van der Waals surface area contributed by atoms with Gasteiger partial charge in [0.2, 0.25) is 0 Å². The third-order valence-electron chi connectivity index (χ3n) is 4.88. The lowest BCUT2D eigenvalue weighted by Gasteiger charge is -2.20. The Kier molecular flexibility index (Phi) is 4.23. The molecule has 0 spiro atoms. The Hall–Kier alpha value is -2.31. The topological polar surface area (TPSA) is 0 Å². The van der Waals surface area contributed by atoms with Crippen LogP contribution in [0.2, 0.25) is 5.02 Å². The van der Waals surface area contributed by atoms with E-state index in [0.29, 0.717) is 11.8 Å². The monoisotopic (exact) mass is 330 g/mol. The predicted molar refractivity (Wildman–Crippen MR) is 102 cm³/mol. The normalized spacial score (nSPS) is 20.0.